The fourth-order valence-electron chi connectivity index (χ4n) is 3.79. The number of nitrogens with zero attached hydrogens (tertiary/aromatic N) is 4. The lowest BCUT2D eigenvalue weighted by atomic mass is 10.0. The summed E-state index contributed by atoms with van der Waals surface area (Å²) >= 11 is 12.2. The molecular weight excluding hydrogens is 395 g/mol. The number of fused-ring (bicyclic) bond motifs is 2. The number of halogens is 2. The van der Waals surface area contributed by atoms with Gasteiger partial charge in [-0.3, -0.25) is 4.79 Å². The summed E-state index contributed by atoms with van der Waals surface area (Å²) in [5, 5.41) is 0.909. The zero-order valence-electron chi connectivity index (χ0n) is 15.0. The van der Waals surface area contributed by atoms with E-state index in [-0.39, 0.29) is 11.9 Å². The zero-order chi connectivity index (χ0) is 19.4. The highest BCUT2D eigenvalue weighted by Gasteiger charge is 2.32. The van der Waals surface area contributed by atoms with Crippen LogP contribution in [0.2, 0.25) is 10.0 Å². The molecule has 4 aromatic rings. The molecule has 0 spiro atoms. The van der Waals surface area contributed by atoms with Crippen LogP contribution in [0.1, 0.15) is 23.5 Å². The molecule has 28 heavy (non-hydrogen) atoms. The van der Waals surface area contributed by atoms with Crippen LogP contribution in [-0.4, -0.2) is 26.4 Å². The number of amides is 1. The molecule has 5 rings (SSSR count). The van der Waals surface area contributed by atoms with E-state index in [2.05, 4.69) is 11.9 Å². The second-order valence-corrected chi connectivity index (χ2v) is 7.77. The van der Waals surface area contributed by atoms with Crippen LogP contribution in [-0.2, 0) is 0 Å². The average molecular weight is 411 g/mol. The Bertz CT molecular complexity index is 1230. The molecule has 1 aromatic carbocycles. The maximum absolute atomic E-state index is 13.4. The number of carbonyl (C=O) groups is 1. The van der Waals surface area contributed by atoms with Crippen LogP contribution in [0.5, 0.6) is 0 Å². The van der Waals surface area contributed by atoms with Gasteiger partial charge in [-0.15, -0.1) is 0 Å². The summed E-state index contributed by atoms with van der Waals surface area (Å²) in [6, 6.07) is 11.4. The first-order valence-electron chi connectivity index (χ1n) is 8.94. The van der Waals surface area contributed by atoms with Crippen LogP contribution in [0, 0.1) is 0 Å². The van der Waals surface area contributed by atoms with E-state index >= 15 is 0 Å². The highest BCUT2D eigenvalue weighted by molar-refractivity contribution is 6.42. The Morgan fingerprint density at radius 3 is 2.75 bits per heavy atom. The lowest BCUT2D eigenvalue weighted by Crippen LogP contribution is -2.42. The minimum absolute atomic E-state index is 0.0535. The Hall–Kier alpha value is -2.76. The third kappa shape index (κ3) is 2.62. The van der Waals surface area contributed by atoms with Crippen LogP contribution < -0.4 is 4.90 Å². The molecule has 140 valence electrons. The molecule has 0 radical (unpaired) electrons. The van der Waals surface area contributed by atoms with E-state index in [0.717, 1.165) is 22.5 Å². The lowest BCUT2D eigenvalue weighted by Gasteiger charge is -2.33. The molecule has 1 atom stereocenters. The van der Waals surface area contributed by atoms with E-state index in [0.29, 0.717) is 22.3 Å². The molecule has 1 aliphatic rings. The zero-order valence-corrected chi connectivity index (χ0v) is 16.5. The van der Waals surface area contributed by atoms with Crippen molar-refractivity contribution >= 4 is 40.4 Å². The Morgan fingerprint density at radius 1 is 1.07 bits per heavy atom. The second-order valence-electron chi connectivity index (χ2n) is 6.96. The predicted octanol–water partition coefficient (Wildman–Crippen LogP) is 5.33. The lowest BCUT2D eigenvalue weighted by molar-refractivity contribution is 0.0958. The molecule has 0 saturated heterocycles. The predicted molar refractivity (Wildman–Crippen MR) is 111 cm³/mol. The van der Waals surface area contributed by atoms with E-state index in [1.165, 1.54) is 0 Å². The van der Waals surface area contributed by atoms with Crippen molar-refractivity contribution in [2.24, 2.45) is 0 Å². The third-order valence-corrected chi connectivity index (χ3v) is 5.94. The fourth-order valence-corrected chi connectivity index (χ4v) is 4.08. The smallest absolute Gasteiger partial charge is 0.275 e. The van der Waals surface area contributed by atoms with Gasteiger partial charge < -0.3 is 13.9 Å². The topological polar surface area (TPSA) is 42.5 Å². The third-order valence-electron chi connectivity index (χ3n) is 5.20. The van der Waals surface area contributed by atoms with Crippen molar-refractivity contribution in [1.29, 1.82) is 0 Å². The number of carbonyl (C=O) groups excluding carboxylic acids is 1. The largest absolute Gasteiger partial charge is 0.338 e. The van der Waals surface area contributed by atoms with Gasteiger partial charge in [0.2, 0.25) is 0 Å². The first-order valence-corrected chi connectivity index (χ1v) is 9.69. The van der Waals surface area contributed by atoms with E-state index in [9.17, 15) is 4.79 Å². The fraction of sp³-hybridized carbons (Fsp3) is 0.143. The van der Waals surface area contributed by atoms with Crippen molar-refractivity contribution in [2.45, 2.75) is 13.0 Å². The maximum Gasteiger partial charge on any atom is 0.275 e. The van der Waals surface area contributed by atoms with Gasteiger partial charge in [-0.25, -0.2) is 4.98 Å². The Morgan fingerprint density at radius 2 is 1.93 bits per heavy atom. The molecule has 4 heterocycles. The maximum atomic E-state index is 13.4. The van der Waals surface area contributed by atoms with E-state index in [4.69, 9.17) is 23.2 Å². The Kier molecular flexibility index (Phi) is 3.96. The normalized spacial score (nSPS) is 16.6. The van der Waals surface area contributed by atoms with Gasteiger partial charge in [0.25, 0.3) is 5.91 Å². The van der Waals surface area contributed by atoms with Crippen LogP contribution in [0.3, 0.4) is 0 Å². The van der Waals surface area contributed by atoms with E-state index in [1.807, 2.05) is 51.8 Å². The van der Waals surface area contributed by atoms with Gasteiger partial charge in [-0.05, 0) is 43.3 Å². The summed E-state index contributed by atoms with van der Waals surface area (Å²) in [6.07, 6.45) is 7.63. The number of pyridine rings is 1. The Labute approximate surface area is 171 Å². The van der Waals surface area contributed by atoms with Crippen LogP contribution in [0.15, 0.2) is 61.2 Å². The van der Waals surface area contributed by atoms with Gasteiger partial charge >= 0.3 is 0 Å². The summed E-state index contributed by atoms with van der Waals surface area (Å²) in [4.78, 5) is 19.5. The van der Waals surface area contributed by atoms with Gasteiger partial charge in [0.05, 0.1) is 10.0 Å². The highest BCUT2D eigenvalue weighted by Crippen LogP contribution is 2.35. The van der Waals surface area contributed by atoms with Crippen molar-refractivity contribution in [3.05, 3.63) is 76.9 Å². The summed E-state index contributed by atoms with van der Waals surface area (Å²) in [6.45, 7) is 2.67. The molecular formula is C21H16Cl2N4O. The van der Waals surface area contributed by atoms with Crippen molar-refractivity contribution in [2.75, 3.05) is 11.4 Å². The summed E-state index contributed by atoms with van der Waals surface area (Å²) in [7, 11) is 0. The van der Waals surface area contributed by atoms with Gasteiger partial charge in [0.15, 0.2) is 0 Å². The summed E-state index contributed by atoms with van der Waals surface area (Å²) < 4.78 is 4.00. The van der Waals surface area contributed by atoms with Crippen molar-refractivity contribution < 1.29 is 4.79 Å². The molecule has 0 aliphatic carbocycles. The molecule has 0 fully saturated rings. The van der Waals surface area contributed by atoms with Gasteiger partial charge in [-0.2, -0.15) is 0 Å². The van der Waals surface area contributed by atoms with Crippen molar-refractivity contribution in [1.82, 2.24) is 14.0 Å². The number of imidazole rings is 1. The number of hydrogen-bond donors (Lipinski definition) is 0. The van der Waals surface area contributed by atoms with Crippen LogP contribution in [0.4, 0.5) is 5.69 Å². The first kappa shape index (κ1) is 17.3. The second kappa shape index (κ2) is 6.40. The molecule has 1 aliphatic heterocycles. The molecule has 7 heteroatoms. The SMILES string of the molecule is C[C@H]1CN(c2ccc(Cl)c(Cl)c2)C(=O)c2c(-c3ccc4nccn4c3)ccn21. The quantitative estimate of drug-likeness (QED) is 0.448. The monoisotopic (exact) mass is 410 g/mol. The minimum atomic E-state index is -0.0535. The minimum Gasteiger partial charge on any atom is -0.338 e. The highest BCUT2D eigenvalue weighted by atomic mass is 35.5. The number of anilines is 1. The molecule has 3 aromatic heterocycles. The average Bonchev–Trinajstić information content (AvgIpc) is 3.33. The summed E-state index contributed by atoms with van der Waals surface area (Å²) in [5.74, 6) is -0.0535. The van der Waals surface area contributed by atoms with Crippen molar-refractivity contribution in [3.8, 4) is 11.1 Å². The van der Waals surface area contributed by atoms with Gasteiger partial charge in [0.1, 0.15) is 11.3 Å². The van der Waals surface area contributed by atoms with Crippen LogP contribution >= 0.6 is 23.2 Å². The van der Waals surface area contributed by atoms with Crippen LogP contribution in [0.25, 0.3) is 16.8 Å². The molecule has 0 N–H and O–H groups in total. The van der Waals surface area contributed by atoms with E-state index in [1.54, 1.807) is 23.2 Å². The number of rotatable bonds is 2. The Balaban J connectivity index is 1.62. The summed E-state index contributed by atoms with van der Waals surface area (Å²) in [5.41, 5.74) is 4.15. The molecule has 0 saturated carbocycles. The molecule has 5 nitrogen and oxygen atoms in total. The van der Waals surface area contributed by atoms with E-state index < -0.39 is 0 Å². The first-order chi connectivity index (χ1) is 13.5. The number of hydrogen-bond acceptors (Lipinski definition) is 2. The van der Waals surface area contributed by atoms with Gasteiger partial charge in [0, 0.05) is 54.2 Å². The number of aromatic nitrogens is 3. The van der Waals surface area contributed by atoms with Gasteiger partial charge in [-0.1, -0.05) is 23.2 Å². The standard InChI is InChI=1S/C21H16Cl2N4O/c1-13-11-27(15-3-4-17(22)18(23)10-15)21(28)20-16(6-8-26(13)20)14-2-5-19-24-7-9-25(19)12-14/h2-10,12-13H,11H2,1H3/t13-/m0/s1. The number of benzene rings is 1. The molecule has 0 unspecified atom stereocenters. The van der Waals surface area contributed by atoms with Crippen molar-refractivity contribution in [3.63, 3.8) is 0 Å². The molecule has 0 bridgehead atoms. The molecule has 1 amide bonds.